The van der Waals surface area contributed by atoms with Crippen molar-refractivity contribution in [2.24, 2.45) is 17.8 Å². The van der Waals surface area contributed by atoms with Crippen molar-refractivity contribution in [1.82, 2.24) is 0 Å². The molecule has 0 fully saturated rings. The average Bonchev–Trinajstić information content (AvgIpc) is 3.20. The highest BCUT2D eigenvalue weighted by molar-refractivity contribution is 4.73. The van der Waals surface area contributed by atoms with Crippen molar-refractivity contribution in [3.8, 4) is 0 Å². The quantitative estimate of drug-likeness (QED) is 0.0500. The fourth-order valence-electron chi connectivity index (χ4n) is 3.46. The first kappa shape index (κ1) is 77.5. The Morgan fingerprint density at radius 1 is 0.183 bits per heavy atom. The van der Waals surface area contributed by atoms with Gasteiger partial charge < -0.3 is 0 Å². The van der Waals surface area contributed by atoms with Crippen LogP contribution in [0.5, 0.6) is 0 Å². The van der Waals surface area contributed by atoms with Gasteiger partial charge in [0.25, 0.3) is 0 Å². The lowest BCUT2D eigenvalue weighted by Crippen LogP contribution is -1.69. The molecular weight excluding hydrogens is 721 g/mol. The van der Waals surface area contributed by atoms with Crippen LogP contribution in [0.1, 0.15) is 216 Å². The minimum atomic E-state index is 0.833. The van der Waals surface area contributed by atoms with Crippen molar-refractivity contribution < 1.29 is 0 Å². The molecule has 0 rings (SSSR count). The van der Waals surface area contributed by atoms with E-state index in [0.717, 1.165) is 94.8 Å². The van der Waals surface area contributed by atoms with Gasteiger partial charge in [0.2, 0.25) is 0 Å². The minimum Gasteiger partial charge on any atom is -0.103 e. The van der Waals surface area contributed by atoms with Crippen LogP contribution in [0.25, 0.3) is 0 Å². The zero-order valence-electron chi connectivity index (χ0n) is 43.1. The molecule has 0 unspecified atom stereocenters. The molecule has 0 heteroatoms. The standard InChI is InChI=1S/6C8H14.3C4H10/c6*1-3-5-7-8-6-4-2;3*1-4(2)3/h6*3-4H,1-2,5-8H2;3*4H,1-3H3. The smallest absolute Gasteiger partial charge is 0.0353 e. The summed E-state index contributed by atoms with van der Waals surface area (Å²) in [4.78, 5) is 0. The SMILES string of the molecule is C=CCCCCC=C.C=CCCCCC=C.C=CCCCCC=C.C=CCCCCC=C.C=CCCCCC=C.C=CCCCCC=C.CC(C)C.CC(C)C.CC(C)C. The number of allylic oxidation sites excluding steroid dienone is 12. The summed E-state index contributed by atoms with van der Waals surface area (Å²) in [6.45, 7) is 63.1. The maximum Gasteiger partial charge on any atom is -0.0353 e. The Morgan fingerprint density at radius 2 is 0.233 bits per heavy atom. The van der Waals surface area contributed by atoms with Gasteiger partial charge >= 0.3 is 0 Å². The lowest BCUT2D eigenvalue weighted by molar-refractivity contribution is 0.736. The highest BCUT2D eigenvalue weighted by Crippen LogP contribution is 2.02. The van der Waals surface area contributed by atoms with E-state index in [2.05, 4.69) is 141 Å². The molecular formula is C60H114. The molecule has 0 aliphatic heterocycles. The maximum atomic E-state index is 3.63. The van der Waals surface area contributed by atoms with Gasteiger partial charge in [-0.1, -0.05) is 135 Å². The van der Waals surface area contributed by atoms with Crippen LogP contribution in [0.3, 0.4) is 0 Å². The second-order valence-corrected chi connectivity index (χ2v) is 16.4. The van der Waals surface area contributed by atoms with Crippen molar-refractivity contribution >= 4 is 0 Å². The van der Waals surface area contributed by atoms with Crippen molar-refractivity contribution in [1.29, 1.82) is 0 Å². The van der Waals surface area contributed by atoms with Crippen LogP contribution in [0.15, 0.2) is 152 Å². The molecule has 0 spiro atoms. The molecule has 0 nitrogen and oxygen atoms in total. The van der Waals surface area contributed by atoms with Crippen molar-refractivity contribution in [3.63, 3.8) is 0 Å². The number of hydrogen-bond acceptors (Lipinski definition) is 0. The van der Waals surface area contributed by atoms with E-state index in [9.17, 15) is 0 Å². The Hall–Kier alpha value is -3.12. The first-order chi connectivity index (χ1) is 28.7. The summed E-state index contributed by atoms with van der Waals surface area (Å²) >= 11 is 0. The highest BCUT2D eigenvalue weighted by atomic mass is 13.9. The van der Waals surface area contributed by atoms with E-state index in [1.54, 1.807) is 0 Å². The summed E-state index contributed by atoms with van der Waals surface area (Å²) in [5, 5.41) is 0. The Kier molecular flexibility index (Phi) is 124. The van der Waals surface area contributed by atoms with Crippen LogP contribution in [0.4, 0.5) is 0 Å². The van der Waals surface area contributed by atoms with E-state index in [-0.39, 0.29) is 0 Å². The summed E-state index contributed by atoms with van der Waals surface area (Å²) in [6.07, 6.45) is 52.4. The van der Waals surface area contributed by atoms with E-state index in [4.69, 9.17) is 0 Å². The normalized spacial score (nSPS) is 8.60. The van der Waals surface area contributed by atoms with Gasteiger partial charge in [-0.3, -0.25) is 0 Å². The van der Waals surface area contributed by atoms with Crippen molar-refractivity contribution in [2.45, 2.75) is 216 Å². The van der Waals surface area contributed by atoms with E-state index < -0.39 is 0 Å². The van der Waals surface area contributed by atoms with Crippen molar-refractivity contribution in [2.75, 3.05) is 0 Å². The first-order valence-corrected chi connectivity index (χ1v) is 24.0. The highest BCUT2D eigenvalue weighted by Gasteiger charge is 1.82. The molecule has 0 aliphatic carbocycles. The summed E-state index contributed by atoms with van der Waals surface area (Å²) < 4.78 is 0. The zero-order chi connectivity index (χ0) is 48.2. The molecule has 354 valence electrons. The topological polar surface area (TPSA) is 0 Å². The molecule has 0 radical (unpaired) electrons. The van der Waals surface area contributed by atoms with Crippen LogP contribution < -0.4 is 0 Å². The lowest BCUT2D eigenvalue weighted by atomic mass is 10.2. The fourth-order valence-corrected chi connectivity index (χ4v) is 3.46. The van der Waals surface area contributed by atoms with Crippen LogP contribution in [-0.2, 0) is 0 Å². The summed E-state index contributed by atoms with van der Waals surface area (Å²) in [7, 11) is 0. The third kappa shape index (κ3) is 221. The number of rotatable bonds is 30. The molecule has 60 heavy (non-hydrogen) atoms. The molecule has 0 heterocycles. The maximum absolute atomic E-state index is 3.63. The zero-order valence-corrected chi connectivity index (χ0v) is 43.1. The van der Waals surface area contributed by atoms with Crippen LogP contribution in [-0.4, -0.2) is 0 Å². The molecule has 0 amide bonds. The lowest BCUT2D eigenvalue weighted by Gasteiger charge is -1.89. The van der Waals surface area contributed by atoms with E-state index in [1.165, 1.54) is 77.0 Å². The Labute approximate surface area is 384 Å². The van der Waals surface area contributed by atoms with Gasteiger partial charge in [-0.2, -0.15) is 0 Å². The van der Waals surface area contributed by atoms with Crippen LogP contribution in [0, 0.1) is 17.8 Å². The van der Waals surface area contributed by atoms with E-state index >= 15 is 0 Å². The summed E-state index contributed by atoms with van der Waals surface area (Å²) in [5.41, 5.74) is 0. The molecule has 0 aromatic rings. The average molecular weight is 836 g/mol. The monoisotopic (exact) mass is 835 g/mol. The van der Waals surface area contributed by atoms with Crippen molar-refractivity contribution in [3.05, 3.63) is 152 Å². The van der Waals surface area contributed by atoms with Crippen LogP contribution >= 0.6 is 0 Å². The van der Waals surface area contributed by atoms with Gasteiger partial charge in [-0.15, -0.1) is 78.9 Å². The van der Waals surface area contributed by atoms with E-state index in [1.807, 2.05) is 72.9 Å². The Balaban J connectivity index is -0.0000000706. The molecule has 0 aromatic carbocycles. The van der Waals surface area contributed by atoms with Gasteiger partial charge in [-0.25, -0.2) is 0 Å². The molecule has 0 atom stereocenters. The Bertz CT molecular complexity index is 575. The van der Waals surface area contributed by atoms with Gasteiger partial charge in [0.15, 0.2) is 0 Å². The third-order valence-corrected chi connectivity index (χ3v) is 6.40. The fraction of sp³-hybridized carbons (Fsp3) is 0.600. The second kappa shape index (κ2) is 96.0. The largest absolute Gasteiger partial charge is 0.103 e. The predicted molar refractivity (Wildman–Crippen MR) is 295 cm³/mol. The summed E-state index contributed by atoms with van der Waals surface area (Å²) in [6, 6.07) is 0. The minimum absolute atomic E-state index is 0.833. The van der Waals surface area contributed by atoms with Gasteiger partial charge in [0.05, 0.1) is 0 Å². The molecule has 0 saturated heterocycles. The molecule has 0 aromatic heterocycles. The predicted octanol–water partition coefficient (Wildman–Crippen LogP) is 22.5. The van der Waals surface area contributed by atoms with Gasteiger partial charge in [0.1, 0.15) is 0 Å². The Morgan fingerprint density at radius 3 is 0.267 bits per heavy atom. The van der Waals surface area contributed by atoms with Gasteiger partial charge in [0, 0.05) is 0 Å². The van der Waals surface area contributed by atoms with Gasteiger partial charge in [-0.05, 0) is 172 Å². The van der Waals surface area contributed by atoms with Crippen LogP contribution in [0.2, 0.25) is 0 Å². The third-order valence-electron chi connectivity index (χ3n) is 6.40. The molecule has 0 bridgehead atoms. The molecule has 0 aliphatic rings. The molecule has 0 N–H and O–H groups in total. The molecule has 0 saturated carbocycles. The number of unbranched alkanes of at least 4 members (excludes halogenated alkanes) is 18. The van der Waals surface area contributed by atoms with E-state index in [0.29, 0.717) is 0 Å². The summed E-state index contributed by atoms with van der Waals surface area (Å²) in [5.74, 6) is 2.50. The number of hydrogen-bond donors (Lipinski definition) is 0. The second-order valence-electron chi connectivity index (χ2n) is 16.4. The first-order valence-electron chi connectivity index (χ1n) is 24.0.